The van der Waals surface area contributed by atoms with Crippen molar-refractivity contribution in [2.24, 2.45) is 5.73 Å². The first kappa shape index (κ1) is 11.7. The van der Waals surface area contributed by atoms with Gasteiger partial charge in [0.05, 0.1) is 13.0 Å². The topological polar surface area (TPSA) is 52.3 Å². The van der Waals surface area contributed by atoms with Gasteiger partial charge >= 0.3 is 5.97 Å². The zero-order valence-corrected chi connectivity index (χ0v) is 10.2. The van der Waals surface area contributed by atoms with Crippen molar-refractivity contribution in [2.45, 2.75) is 19.4 Å². The number of hydrogen-bond donors (Lipinski definition) is 1. The normalized spacial score (nSPS) is 12.5. The van der Waals surface area contributed by atoms with E-state index in [2.05, 4.69) is 15.9 Å². The average molecular weight is 278 g/mol. The predicted molar refractivity (Wildman–Crippen MR) is 60.2 cm³/mol. The first-order chi connectivity index (χ1) is 6.63. The average Bonchev–Trinajstić information content (AvgIpc) is 2.52. The fourth-order valence-electron chi connectivity index (χ4n) is 1.02. The number of halogens is 1. The molecule has 78 valence electrons. The molecule has 0 aromatic carbocycles. The van der Waals surface area contributed by atoms with Crippen LogP contribution in [0.1, 0.15) is 24.3 Å². The van der Waals surface area contributed by atoms with Gasteiger partial charge in [0.25, 0.3) is 0 Å². The molecule has 0 radical (unpaired) electrons. The molecule has 0 aliphatic rings. The van der Waals surface area contributed by atoms with Crippen LogP contribution in [0.15, 0.2) is 15.9 Å². The molecule has 1 unspecified atom stereocenters. The molecule has 14 heavy (non-hydrogen) atoms. The molecule has 0 saturated heterocycles. The van der Waals surface area contributed by atoms with Crippen molar-refractivity contribution in [3.8, 4) is 0 Å². The van der Waals surface area contributed by atoms with Crippen molar-refractivity contribution in [2.75, 3.05) is 6.61 Å². The molecular weight excluding hydrogens is 266 g/mol. The Balaban J connectivity index is 2.50. The number of esters is 1. The van der Waals surface area contributed by atoms with Crippen molar-refractivity contribution >= 4 is 33.2 Å². The van der Waals surface area contributed by atoms with Gasteiger partial charge in [0.2, 0.25) is 0 Å². The van der Waals surface area contributed by atoms with E-state index in [-0.39, 0.29) is 18.4 Å². The minimum Gasteiger partial charge on any atom is -0.466 e. The third kappa shape index (κ3) is 3.40. The second-order valence-electron chi connectivity index (χ2n) is 2.78. The van der Waals surface area contributed by atoms with Crippen LogP contribution in [0.3, 0.4) is 0 Å². The van der Waals surface area contributed by atoms with Crippen LogP contribution in [0, 0.1) is 0 Å². The van der Waals surface area contributed by atoms with Gasteiger partial charge < -0.3 is 10.5 Å². The SMILES string of the molecule is CCOC(=O)CC(N)c1cc(Br)cs1. The second-order valence-corrected chi connectivity index (χ2v) is 4.64. The summed E-state index contributed by atoms with van der Waals surface area (Å²) in [4.78, 5) is 12.1. The van der Waals surface area contributed by atoms with Gasteiger partial charge in [-0.1, -0.05) is 0 Å². The number of carbonyl (C=O) groups is 1. The number of hydrogen-bond acceptors (Lipinski definition) is 4. The molecule has 0 amide bonds. The number of thiophene rings is 1. The van der Waals surface area contributed by atoms with Crippen LogP contribution in [0.5, 0.6) is 0 Å². The lowest BCUT2D eigenvalue weighted by atomic mass is 10.2. The van der Waals surface area contributed by atoms with Gasteiger partial charge in [0, 0.05) is 20.8 Å². The van der Waals surface area contributed by atoms with E-state index < -0.39 is 0 Å². The molecule has 0 aliphatic heterocycles. The standard InChI is InChI=1S/C9H12BrNO2S/c1-2-13-9(12)4-7(11)8-3-6(10)5-14-8/h3,5,7H,2,4,11H2,1H3. The Kier molecular flexibility index (Phi) is 4.57. The van der Waals surface area contributed by atoms with Crippen LogP contribution in [0.4, 0.5) is 0 Å². The summed E-state index contributed by atoms with van der Waals surface area (Å²) in [6, 6.07) is 1.67. The Morgan fingerprint density at radius 3 is 3.00 bits per heavy atom. The van der Waals surface area contributed by atoms with Gasteiger partial charge in [0.15, 0.2) is 0 Å². The fraction of sp³-hybridized carbons (Fsp3) is 0.444. The lowest BCUT2D eigenvalue weighted by molar-refractivity contribution is -0.143. The zero-order valence-electron chi connectivity index (χ0n) is 7.83. The van der Waals surface area contributed by atoms with Gasteiger partial charge in [-0.05, 0) is 28.9 Å². The molecule has 1 aromatic rings. The molecule has 0 spiro atoms. The lowest BCUT2D eigenvalue weighted by Gasteiger charge is -2.07. The highest BCUT2D eigenvalue weighted by molar-refractivity contribution is 9.10. The molecule has 0 saturated carbocycles. The number of rotatable bonds is 4. The van der Waals surface area contributed by atoms with E-state index in [9.17, 15) is 4.79 Å². The van der Waals surface area contributed by atoms with E-state index in [0.29, 0.717) is 6.61 Å². The summed E-state index contributed by atoms with van der Waals surface area (Å²) >= 11 is 4.87. The zero-order chi connectivity index (χ0) is 10.6. The quantitative estimate of drug-likeness (QED) is 0.861. The summed E-state index contributed by atoms with van der Waals surface area (Å²) in [5, 5.41) is 1.94. The largest absolute Gasteiger partial charge is 0.466 e. The lowest BCUT2D eigenvalue weighted by Crippen LogP contribution is -2.16. The summed E-state index contributed by atoms with van der Waals surface area (Å²) in [7, 11) is 0. The highest BCUT2D eigenvalue weighted by Crippen LogP contribution is 2.26. The van der Waals surface area contributed by atoms with Crippen LogP contribution < -0.4 is 5.73 Å². The Morgan fingerprint density at radius 1 is 1.79 bits per heavy atom. The minimum atomic E-state index is -0.259. The van der Waals surface area contributed by atoms with Gasteiger partial charge in [-0.3, -0.25) is 4.79 Å². The second kappa shape index (κ2) is 5.48. The van der Waals surface area contributed by atoms with Crippen molar-refractivity contribution in [1.29, 1.82) is 0 Å². The van der Waals surface area contributed by atoms with E-state index >= 15 is 0 Å². The van der Waals surface area contributed by atoms with Gasteiger partial charge in [-0.25, -0.2) is 0 Å². The Morgan fingerprint density at radius 2 is 2.50 bits per heavy atom. The molecule has 0 fully saturated rings. The first-order valence-corrected chi connectivity index (χ1v) is 5.96. The van der Waals surface area contributed by atoms with Crippen molar-refractivity contribution in [3.63, 3.8) is 0 Å². The van der Waals surface area contributed by atoms with E-state index in [1.54, 1.807) is 6.92 Å². The first-order valence-electron chi connectivity index (χ1n) is 4.28. The number of nitrogens with two attached hydrogens (primary N) is 1. The Labute approximate surface area is 95.4 Å². The van der Waals surface area contributed by atoms with Gasteiger partial charge in [-0.15, -0.1) is 11.3 Å². The maximum Gasteiger partial charge on any atom is 0.307 e. The van der Waals surface area contributed by atoms with Crippen LogP contribution in [0.2, 0.25) is 0 Å². The number of carbonyl (C=O) groups excluding carboxylic acids is 1. The Hall–Kier alpha value is -0.390. The highest BCUT2D eigenvalue weighted by Gasteiger charge is 2.13. The molecule has 5 heteroatoms. The summed E-state index contributed by atoms with van der Waals surface area (Å²) < 4.78 is 5.81. The molecule has 0 aliphatic carbocycles. The monoisotopic (exact) mass is 277 g/mol. The van der Waals surface area contributed by atoms with E-state index in [1.165, 1.54) is 11.3 Å². The van der Waals surface area contributed by atoms with Crippen molar-refractivity contribution < 1.29 is 9.53 Å². The van der Waals surface area contributed by atoms with Crippen LogP contribution in [-0.4, -0.2) is 12.6 Å². The van der Waals surface area contributed by atoms with E-state index in [0.717, 1.165) is 9.35 Å². The summed E-state index contributed by atoms with van der Waals surface area (Å²) in [5.41, 5.74) is 5.83. The van der Waals surface area contributed by atoms with Crippen LogP contribution in [-0.2, 0) is 9.53 Å². The number of ether oxygens (including phenoxy) is 1. The van der Waals surface area contributed by atoms with E-state index in [4.69, 9.17) is 10.5 Å². The highest BCUT2D eigenvalue weighted by atomic mass is 79.9. The molecule has 3 nitrogen and oxygen atoms in total. The third-order valence-corrected chi connectivity index (χ3v) is 3.47. The minimum absolute atomic E-state index is 0.237. The molecule has 1 aromatic heterocycles. The molecule has 2 N–H and O–H groups in total. The third-order valence-electron chi connectivity index (χ3n) is 1.65. The molecule has 1 atom stereocenters. The molecular formula is C9H12BrNO2S. The predicted octanol–water partition coefficient (Wildman–Crippen LogP) is 2.46. The Bertz CT molecular complexity index is 314. The van der Waals surface area contributed by atoms with Gasteiger partial charge in [-0.2, -0.15) is 0 Å². The van der Waals surface area contributed by atoms with Crippen LogP contribution in [0.25, 0.3) is 0 Å². The summed E-state index contributed by atoms with van der Waals surface area (Å²) in [6.07, 6.45) is 0.237. The smallest absolute Gasteiger partial charge is 0.307 e. The molecule has 0 bridgehead atoms. The summed E-state index contributed by atoms with van der Waals surface area (Å²) in [5.74, 6) is -0.246. The maximum absolute atomic E-state index is 11.1. The molecule has 1 rings (SSSR count). The van der Waals surface area contributed by atoms with E-state index in [1.807, 2.05) is 11.4 Å². The van der Waals surface area contributed by atoms with Crippen molar-refractivity contribution in [3.05, 3.63) is 20.8 Å². The van der Waals surface area contributed by atoms with Crippen LogP contribution >= 0.6 is 27.3 Å². The fourth-order valence-corrected chi connectivity index (χ4v) is 2.47. The van der Waals surface area contributed by atoms with Gasteiger partial charge in [0.1, 0.15) is 0 Å². The maximum atomic E-state index is 11.1. The molecule has 1 heterocycles. The summed E-state index contributed by atoms with van der Waals surface area (Å²) in [6.45, 7) is 2.19. The van der Waals surface area contributed by atoms with Crippen molar-refractivity contribution in [1.82, 2.24) is 0 Å².